The smallest absolute Gasteiger partial charge is 0.244 e. The van der Waals surface area contributed by atoms with Crippen molar-refractivity contribution >= 4 is 37.3 Å². The first-order valence-corrected chi connectivity index (χ1v) is 8.69. The van der Waals surface area contributed by atoms with E-state index >= 15 is 0 Å². The van der Waals surface area contributed by atoms with Gasteiger partial charge in [-0.2, -0.15) is 5.10 Å². The number of aromatic nitrogens is 2. The maximum absolute atomic E-state index is 12.3. The standard InChI is InChI=1S/C11H14BrN3O2S2/c1-7-11(8(2)15(3)14-7)19(16,17)13-5-10-4-9(12)6-18-10/h4,6,13H,5H2,1-3H3. The Bertz CT molecular complexity index is 704. The van der Waals surface area contributed by atoms with Crippen molar-refractivity contribution in [2.45, 2.75) is 25.3 Å². The lowest BCUT2D eigenvalue weighted by atomic mass is 10.4. The third-order valence-corrected chi connectivity index (χ3v) is 6.12. The molecular formula is C11H14BrN3O2S2. The van der Waals surface area contributed by atoms with E-state index in [1.54, 1.807) is 25.6 Å². The molecule has 0 radical (unpaired) electrons. The van der Waals surface area contributed by atoms with Crippen molar-refractivity contribution in [1.82, 2.24) is 14.5 Å². The highest BCUT2D eigenvalue weighted by atomic mass is 79.9. The van der Waals surface area contributed by atoms with Crippen molar-refractivity contribution in [1.29, 1.82) is 0 Å². The molecule has 0 bridgehead atoms. The van der Waals surface area contributed by atoms with E-state index in [1.807, 2.05) is 11.4 Å². The highest BCUT2D eigenvalue weighted by Crippen LogP contribution is 2.22. The number of hydrogen-bond acceptors (Lipinski definition) is 4. The van der Waals surface area contributed by atoms with Gasteiger partial charge in [-0.05, 0) is 35.8 Å². The van der Waals surface area contributed by atoms with Gasteiger partial charge in [-0.25, -0.2) is 13.1 Å². The number of aryl methyl sites for hydroxylation is 2. The quantitative estimate of drug-likeness (QED) is 0.906. The van der Waals surface area contributed by atoms with E-state index in [4.69, 9.17) is 0 Å². The lowest BCUT2D eigenvalue weighted by Crippen LogP contribution is -2.24. The van der Waals surface area contributed by atoms with Crippen molar-refractivity contribution in [3.8, 4) is 0 Å². The topological polar surface area (TPSA) is 64.0 Å². The van der Waals surface area contributed by atoms with Crippen LogP contribution in [0, 0.1) is 13.8 Å². The van der Waals surface area contributed by atoms with Gasteiger partial charge in [0.1, 0.15) is 4.90 Å². The largest absolute Gasteiger partial charge is 0.271 e. The summed E-state index contributed by atoms with van der Waals surface area (Å²) in [5, 5.41) is 6.05. The molecule has 0 saturated heterocycles. The second-order valence-corrected chi connectivity index (χ2v) is 7.79. The molecule has 0 fully saturated rings. The third kappa shape index (κ3) is 3.07. The van der Waals surface area contributed by atoms with Crippen LogP contribution in [-0.4, -0.2) is 18.2 Å². The van der Waals surface area contributed by atoms with E-state index in [1.165, 1.54) is 11.3 Å². The number of rotatable bonds is 4. The van der Waals surface area contributed by atoms with Crippen LogP contribution in [0.2, 0.25) is 0 Å². The van der Waals surface area contributed by atoms with Crippen molar-refractivity contribution in [3.63, 3.8) is 0 Å². The molecule has 0 aliphatic carbocycles. The maximum atomic E-state index is 12.3. The van der Waals surface area contributed by atoms with Crippen molar-refractivity contribution in [2.75, 3.05) is 0 Å². The van der Waals surface area contributed by atoms with Crippen LogP contribution in [0.4, 0.5) is 0 Å². The first-order chi connectivity index (χ1) is 8.81. The molecule has 8 heteroatoms. The number of nitrogens with one attached hydrogen (secondary N) is 1. The minimum absolute atomic E-state index is 0.269. The van der Waals surface area contributed by atoms with Crippen molar-refractivity contribution in [3.05, 3.63) is 32.2 Å². The minimum Gasteiger partial charge on any atom is -0.271 e. The molecule has 0 atom stereocenters. The van der Waals surface area contributed by atoms with Gasteiger partial charge >= 0.3 is 0 Å². The SMILES string of the molecule is Cc1nn(C)c(C)c1S(=O)(=O)NCc1cc(Br)cs1. The van der Waals surface area contributed by atoms with Gasteiger partial charge in [0, 0.05) is 28.3 Å². The van der Waals surface area contributed by atoms with Crippen LogP contribution >= 0.6 is 27.3 Å². The monoisotopic (exact) mass is 363 g/mol. The van der Waals surface area contributed by atoms with Crippen LogP contribution in [0.1, 0.15) is 16.3 Å². The zero-order valence-corrected chi connectivity index (χ0v) is 14.0. The molecule has 2 aromatic rings. The highest BCUT2D eigenvalue weighted by Gasteiger charge is 2.23. The molecule has 2 rings (SSSR count). The molecule has 0 spiro atoms. The number of thiophene rings is 1. The summed E-state index contributed by atoms with van der Waals surface area (Å²) < 4.78 is 29.7. The Morgan fingerprint density at radius 3 is 2.63 bits per heavy atom. The lowest BCUT2D eigenvalue weighted by molar-refractivity contribution is 0.580. The molecule has 104 valence electrons. The Hall–Kier alpha value is -0.700. The number of hydrogen-bond donors (Lipinski definition) is 1. The molecule has 0 aliphatic rings. The first-order valence-electron chi connectivity index (χ1n) is 5.54. The van der Waals surface area contributed by atoms with Crippen LogP contribution in [-0.2, 0) is 23.6 Å². The normalized spacial score (nSPS) is 12.0. The van der Waals surface area contributed by atoms with Gasteiger partial charge in [0.05, 0.1) is 11.4 Å². The molecular weight excluding hydrogens is 350 g/mol. The summed E-state index contributed by atoms with van der Waals surface area (Å²) >= 11 is 4.85. The Morgan fingerprint density at radius 2 is 2.16 bits per heavy atom. The first kappa shape index (κ1) is 14.7. The molecule has 0 amide bonds. The second-order valence-electron chi connectivity index (χ2n) is 4.18. The number of halogens is 1. The Morgan fingerprint density at radius 1 is 1.47 bits per heavy atom. The van der Waals surface area contributed by atoms with E-state index in [0.29, 0.717) is 11.4 Å². The van der Waals surface area contributed by atoms with Gasteiger partial charge in [-0.3, -0.25) is 4.68 Å². The van der Waals surface area contributed by atoms with E-state index in [2.05, 4.69) is 25.8 Å². The minimum atomic E-state index is -3.53. The Balaban J connectivity index is 2.23. The van der Waals surface area contributed by atoms with Gasteiger partial charge in [0.25, 0.3) is 0 Å². The summed E-state index contributed by atoms with van der Waals surface area (Å²) in [6.07, 6.45) is 0. The van der Waals surface area contributed by atoms with E-state index in [9.17, 15) is 8.42 Å². The van der Waals surface area contributed by atoms with Crippen LogP contribution in [0.25, 0.3) is 0 Å². The van der Waals surface area contributed by atoms with Gasteiger partial charge in [0.15, 0.2) is 0 Å². The predicted molar refractivity (Wildman–Crippen MR) is 78.7 cm³/mol. The molecule has 0 saturated carbocycles. The van der Waals surface area contributed by atoms with Gasteiger partial charge in [-0.15, -0.1) is 11.3 Å². The zero-order chi connectivity index (χ0) is 14.2. The van der Waals surface area contributed by atoms with E-state index in [-0.39, 0.29) is 11.4 Å². The molecule has 2 aromatic heterocycles. The molecule has 5 nitrogen and oxygen atoms in total. The fraction of sp³-hybridized carbons (Fsp3) is 0.364. The molecule has 19 heavy (non-hydrogen) atoms. The van der Waals surface area contributed by atoms with Gasteiger partial charge in [0.2, 0.25) is 10.0 Å². The van der Waals surface area contributed by atoms with Crippen LogP contribution in [0.3, 0.4) is 0 Å². The average Bonchev–Trinajstić information content (AvgIpc) is 2.82. The van der Waals surface area contributed by atoms with Crippen LogP contribution in [0.5, 0.6) is 0 Å². The number of sulfonamides is 1. The third-order valence-electron chi connectivity index (χ3n) is 2.77. The summed E-state index contributed by atoms with van der Waals surface area (Å²) in [5.74, 6) is 0. The average molecular weight is 364 g/mol. The summed E-state index contributed by atoms with van der Waals surface area (Å²) in [7, 11) is -1.80. The van der Waals surface area contributed by atoms with Crippen molar-refractivity contribution < 1.29 is 8.42 Å². The van der Waals surface area contributed by atoms with Crippen LogP contribution in [0.15, 0.2) is 20.8 Å². The second kappa shape index (κ2) is 5.35. The van der Waals surface area contributed by atoms with E-state index < -0.39 is 10.0 Å². The summed E-state index contributed by atoms with van der Waals surface area (Å²) in [6, 6.07) is 1.90. The lowest BCUT2D eigenvalue weighted by Gasteiger charge is -2.06. The molecule has 2 heterocycles. The van der Waals surface area contributed by atoms with E-state index in [0.717, 1.165) is 9.35 Å². The van der Waals surface area contributed by atoms with Gasteiger partial charge in [-0.1, -0.05) is 0 Å². The predicted octanol–water partition coefficient (Wildman–Crippen LogP) is 2.34. The van der Waals surface area contributed by atoms with Crippen LogP contribution < -0.4 is 4.72 Å². The number of nitrogens with zero attached hydrogens (tertiary/aromatic N) is 2. The Kier molecular flexibility index (Phi) is 4.14. The van der Waals surface area contributed by atoms with Crippen molar-refractivity contribution in [2.24, 2.45) is 7.05 Å². The summed E-state index contributed by atoms with van der Waals surface area (Å²) in [6.45, 7) is 3.73. The molecule has 0 unspecified atom stereocenters. The highest BCUT2D eigenvalue weighted by molar-refractivity contribution is 9.10. The fourth-order valence-electron chi connectivity index (χ4n) is 1.83. The maximum Gasteiger partial charge on any atom is 0.244 e. The summed E-state index contributed by atoms with van der Waals surface area (Å²) in [5.41, 5.74) is 1.15. The van der Waals surface area contributed by atoms with Gasteiger partial charge < -0.3 is 0 Å². The molecule has 1 N–H and O–H groups in total. The fourth-order valence-corrected chi connectivity index (χ4v) is 4.75. The Labute approximate surface area is 124 Å². The summed E-state index contributed by atoms with van der Waals surface area (Å²) in [4.78, 5) is 1.22. The molecule has 0 aromatic carbocycles. The zero-order valence-electron chi connectivity index (χ0n) is 10.8. The molecule has 0 aliphatic heterocycles.